The second kappa shape index (κ2) is 8.39. The van der Waals surface area contributed by atoms with E-state index < -0.39 is 0 Å². The molecule has 0 aliphatic carbocycles. The van der Waals surface area contributed by atoms with E-state index in [1.54, 1.807) is 29.9 Å². The molecule has 0 aromatic carbocycles. The summed E-state index contributed by atoms with van der Waals surface area (Å²) in [6, 6.07) is 3.54. The molecular weight excluding hydrogens is 455 g/mol. The first-order chi connectivity index (χ1) is 13.1. The quantitative estimate of drug-likeness (QED) is 0.410. The fourth-order valence-electron chi connectivity index (χ4n) is 3.23. The standard InChI is InChI=1S/C18H15ClN6OS.2ClH/c1-9-10(2)23-24-18-14(9)15-16(27-18)17(22-8-21-15)25-6-12(7-25)26-11-3-4-20-13(19)5-11;;/h3-5,8,12H,6-7H2,1-2H3;2*1H. The van der Waals surface area contributed by atoms with Crippen molar-refractivity contribution in [1.29, 1.82) is 0 Å². The van der Waals surface area contributed by atoms with Crippen LogP contribution in [-0.4, -0.2) is 44.3 Å². The second-order valence-corrected chi connectivity index (χ2v) is 7.91. The van der Waals surface area contributed by atoms with Gasteiger partial charge in [-0.2, -0.15) is 5.10 Å². The van der Waals surface area contributed by atoms with Gasteiger partial charge < -0.3 is 9.64 Å². The molecule has 0 radical (unpaired) electrons. The average molecular weight is 472 g/mol. The van der Waals surface area contributed by atoms with Crippen molar-refractivity contribution in [3.63, 3.8) is 0 Å². The molecule has 11 heteroatoms. The molecule has 4 aromatic rings. The highest BCUT2D eigenvalue weighted by Crippen LogP contribution is 2.39. The maximum absolute atomic E-state index is 5.96. The number of ether oxygens (including phenoxy) is 1. The number of hydrogen-bond acceptors (Lipinski definition) is 8. The summed E-state index contributed by atoms with van der Waals surface area (Å²) in [5.41, 5.74) is 2.99. The minimum absolute atomic E-state index is 0. The Morgan fingerprint density at radius 3 is 2.69 bits per heavy atom. The first kappa shape index (κ1) is 21.7. The Morgan fingerprint density at radius 1 is 1.14 bits per heavy atom. The van der Waals surface area contributed by atoms with Crippen LogP contribution in [-0.2, 0) is 0 Å². The Bertz CT molecular complexity index is 1180. The fourth-order valence-corrected chi connectivity index (χ4v) is 4.55. The molecule has 7 nitrogen and oxygen atoms in total. The van der Waals surface area contributed by atoms with Crippen LogP contribution in [0.4, 0.5) is 5.82 Å². The Balaban J connectivity index is 0.00000120. The molecule has 0 saturated carbocycles. The number of aryl methyl sites for hydroxylation is 2. The van der Waals surface area contributed by atoms with Gasteiger partial charge in [-0.1, -0.05) is 11.6 Å². The van der Waals surface area contributed by atoms with E-state index in [0.717, 1.165) is 56.3 Å². The van der Waals surface area contributed by atoms with Crippen molar-refractivity contribution in [2.45, 2.75) is 20.0 Å². The molecular formula is C18H17Cl3N6OS. The van der Waals surface area contributed by atoms with Gasteiger partial charge in [-0.05, 0) is 25.5 Å². The molecule has 5 heterocycles. The minimum atomic E-state index is 0. The third kappa shape index (κ3) is 3.77. The highest BCUT2D eigenvalue weighted by molar-refractivity contribution is 7.26. The summed E-state index contributed by atoms with van der Waals surface area (Å²) in [6.45, 7) is 5.54. The molecule has 1 aliphatic rings. The number of aromatic nitrogens is 5. The maximum Gasteiger partial charge on any atom is 0.150 e. The van der Waals surface area contributed by atoms with E-state index in [-0.39, 0.29) is 30.9 Å². The Morgan fingerprint density at radius 2 is 1.93 bits per heavy atom. The van der Waals surface area contributed by atoms with Crippen LogP contribution in [0.3, 0.4) is 0 Å². The first-order valence-corrected chi connectivity index (χ1v) is 9.70. The predicted molar refractivity (Wildman–Crippen MR) is 120 cm³/mol. The zero-order chi connectivity index (χ0) is 18.5. The number of fused-ring (bicyclic) bond motifs is 3. The van der Waals surface area contributed by atoms with Gasteiger partial charge in [0, 0.05) is 17.6 Å². The summed E-state index contributed by atoms with van der Waals surface area (Å²) in [6.07, 6.45) is 3.35. The highest BCUT2D eigenvalue weighted by atomic mass is 35.5. The third-order valence-electron chi connectivity index (χ3n) is 4.79. The van der Waals surface area contributed by atoms with Crippen LogP contribution >= 0.6 is 47.8 Å². The van der Waals surface area contributed by atoms with Gasteiger partial charge in [0.05, 0.1) is 29.0 Å². The number of rotatable bonds is 3. The summed E-state index contributed by atoms with van der Waals surface area (Å²) < 4.78 is 7.00. The van der Waals surface area contributed by atoms with Crippen molar-refractivity contribution in [1.82, 2.24) is 25.1 Å². The predicted octanol–water partition coefficient (Wildman–Crippen LogP) is 4.41. The van der Waals surface area contributed by atoms with Gasteiger partial charge in [-0.15, -0.1) is 41.2 Å². The van der Waals surface area contributed by atoms with Gasteiger partial charge in [0.25, 0.3) is 0 Å². The number of pyridine rings is 1. The van der Waals surface area contributed by atoms with Gasteiger partial charge in [0.2, 0.25) is 0 Å². The topological polar surface area (TPSA) is 76.9 Å². The van der Waals surface area contributed by atoms with Crippen molar-refractivity contribution in [3.05, 3.63) is 41.1 Å². The normalized spacial score (nSPS) is 13.7. The Labute approximate surface area is 188 Å². The summed E-state index contributed by atoms with van der Waals surface area (Å²) >= 11 is 7.50. The van der Waals surface area contributed by atoms with Crippen LogP contribution in [0.15, 0.2) is 24.7 Å². The van der Waals surface area contributed by atoms with E-state index in [4.69, 9.17) is 16.3 Å². The highest BCUT2D eigenvalue weighted by Gasteiger charge is 2.32. The molecule has 0 N–H and O–H groups in total. The summed E-state index contributed by atoms with van der Waals surface area (Å²) in [7, 11) is 0. The molecule has 0 spiro atoms. The zero-order valence-corrected chi connectivity index (χ0v) is 18.7. The lowest BCUT2D eigenvalue weighted by molar-refractivity contribution is 0.167. The van der Waals surface area contributed by atoms with E-state index in [1.165, 1.54) is 0 Å². The Kier molecular flexibility index (Phi) is 6.28. The summed E-state index contributed by atoms with van der Waals surface area (Å²) in [5, 5.41) is 10.1. The van der Waals surface area contributed by atoms with E-state index in [9.17, 15) is 0 Å². The molecule has 4 aromatic heterocycles. The third-order valence-corrected chi connectivity index (χ3v) is 6.06. The van der Waals surface area contributed by atoms with Crippen LogP contribution in [0.2, 0.25) is 5.15 Å². The van der Waals surface area contributed by atoms with Crippen molar-refractivity contribution in [2.75, 3.05) is 18.0 Å². The minimum Gasteiger partial charge on any atom is -0.487 e. The van der Waals surface area contributed by atoms with E-state index in [2.05, 4.69) is 37.0 Å². The number of halogens is 3. The monoisotopic (exact) mass is 470 g/mol. The molecule has 0 bridgehead atoms. The number of anilines is 1. The van der Waals surface area contributed by atoms with Crippen LogP contribution in [0.1, 0.15) is 11.3 Å². The van der Waals surface area contributed by atoms with Gasteiger partial charge in [-0.25, -0.2) is 15.0 Å². The lowest BCUT2D eigenvalue weighted by Crippen LogP contribution is -2.54. The van der Waals surface area contributed by atoms with Crippen molar-refractivity contribution < 1.29 is 4.74 Å². The van der Waals surface area contributed by atoms with E-state index >= 15 is 0 Å². The van der Waals surface area contributed by atoms with Crippen LogP contribution in [0.25, 0.3) is 20.4 Å². The number of thiophene rings is 1. The molecule has 0 atom stereocenters. The number of nitrogens with zero attached hydrogens (tertiary/aromatic N) is 6. The Hall–Kier alpha value is -2.00. The van der Waals surface area contributed by atoms with Gasteiger partial charge in [0.15, 0.2) is 0 Å². The lowest BCUT2D eigenvalue weighted by atomic mass is 10.1. The van der Waals surface area contributed by atoms with E-state index in [1.807, 2.05) is 13.0 Å². The SMILES string of the molecule is Cc1nnc2sc3c(N4CC(Oc5ccnc(Cl)c5)C4)ncnc3c2c1C.Cl.Cl. The molecule has 1 saturated heterocycles. The largest absolute Gasteiger partial charge is 0.487 e. The van der Waals surface area contributed by atoms with Gasteiger partial charge in [0.1, 0.15) is 34.0 Å². The smallest absolute Gasteiger partial charge is 0.150 e. The average Bonchev–Trinajstić information content (AvgIpc) is 3.00. The molecule has 152 valence electrons. The van der Waals surface area contributed by atoms with Gasteiger partial charge >= 0.3 is 0 Å². The van der Waals surface area contributed by atoms with Crippen molar-refractivity contribution in [3.8, 4) is 5.75 Å². The van der Waals surface area contributed by atoms with Gasteiger partial charge in [-0.3, -0.25) is 0 Å². The molecule has 0 unspecified atom stereocenters. The molecule has 29 heavy (non-hydrogen) atoms. The van der Waals surface area contributed by atoms with Crippen molar-refractivity contribution >= 4 is 74.0 Å². The fraction of sp³-hybridized carbons (Fsp3) is 0.278. The first-order valence-electron chi connectivity index (χ1n) is 8.50. The molecule has 1 fully saturated rings. The number of hydrogen-bond donors (Lipinski definition) is 0. The summed E-state index contributed by atoms with van der Waals surface area (Å²) in [5.74, 6) is 1.66. The summed E-state index contributed by atoms with van der Waals surface area (Å²) in [4.78, 5) is 16.1. The molecule has 0 amide bonds. The lowest BCUT2D eigenvalue weighted by Gasteiger charge is -2.39. The van der Waals surface area contributed by atoms with Crippen molar-refractivity contribution in [2.24, 2.45) is 0 Å². The molecule has 1 aliphatic heterocycles. The van der Waals surface area contributed by atoms with Crippen LogP contribution in [0.5, 0.6) is 5.75 Å². The van der Waals surface area contributed by atoms with E-state index in [0.29, 0.717) is 5.15 Å². The van der Waals surface area contributed by atoms with Crippen LogP contribution in [0, 0.1) is 13.8 Å². The second-order valence-electron chi connectivity index (χ2n) is 6.53. The maximum atomic E-state index is 5.96. The zero-order valence-electron chi connectivity index (χ0n) is 15.5. The van der Waals surface area contributed by atoms with Crippen LogP contribution < -0.4 is 9.64 Å². The molecule has 5 rings (SSSR count).